The standard InChI is InChI=1S/C15H14FNO/c1-11-7-8-14(16)13(9-11)15(18)10-17-12-5-3-2-4-6-12/h2-9,17H,10H2,1H3. The summed E-state index contributed by atoms with van der Waals surface area (Å²) in [5, 5.41) is 2.97. The predicted octanol–water partition coefficient (Wildman–Crippen LogP) is 3.43. The SMILES string of the molecule is Cc1ccc(F)c(C(=O)CNc2ccccc2)c1. The number of para-hydroxylation sites is 1. The number of carbonyl (C=O) groups is 1. The van der Waals surface area contributed by atoms with Gasteiger partial charge in [0.15, 0.2) is 5.78 Å². The lowest BCUT2D eigenvalue weighted by atomic mass is 10.1. The number of Topliss-reactive ketones (excluding diaryl/α,β-unsaturated/α-hetero) is 1. The molecule has 0 aliphatic rings. The Labute approximate surface area is 105 Å². The largest absolute Gasteiger partial charge is 0.378 e. The average molecular weight is 243 g/mol. The quantitative estimate of drug-likeness (QED) is 0.833. The van der Waals surface area contributed by atoms with Gasteiger partial charge >= 0.3 is 0 Å². The molecule has 2 aromatic carbocycles. The van der Waals surface area contributed by atoms with Crippen LogP contribution in [0.3, 0.4) is 0 Å². The Balaban J connectivity index is 2.06. The molecular formula is C15H14FNO. The van der Waals surface area contributed by atoms with E-state index in [2.05, 4.69) is 5.32 Å². The molecule has 92 valence electrons. The first-order valence-corrected chi connectivity index (χ1v) is 5.75. The molecule has 0 spiro atoms. The van der Waals surface area contributed by atoms with E-state index >= 15 is 0 Å². The van der Waals surface area contributed by atoms with Crippen LogP contribution < -0.4 is 5.32 Å². The molecule has 2 rings (SSSR count). The van der Waals surface area contributed by atoms with Crippen LogP contribution in [0.15, 0.2) is 48.5 Å². The minimum atomic E-state index is -0.472. The van der Waals surface area contributed by atoms with Crippen LogP contribution in [0.2, 0.25) is 0 Å². The average Bonchev–Trinajstić information content (AvgIpc) is 2.40. The highest BCUT2D eigenvalue weighted by atomic mass is 19.1. The van der Waals surface area contributed by atoms with Gasteiger partial charge in [-0.15, -0.1) is 0 Å². The fourth-order valence-corrected chi connectivity index (χ4v) is 1.69. The normalized spacial score (nSPS) is 10.1. The van der Waals surface area contributed by atoms with Crippen LogP contribution in [0.25, 0.3) is 0 Å². The number of benzene rings is 2. The molecule has 0 atom stereocenters. The van der Waals surface area contributed by atoms with Gasteiger partial charge in [0.1, 0.15) is 5.82 Å². The van der Waals surface area contributed by atoms with E-state index in [9.17, 15) is 9.18 Å². The summed E-state index contributed by atoms with van der Waals surface area (Å²) >= 11 is 0. The van der Waals surface area contributed by atoms with Crippen LogP contribution in [0.4, 0.5) is 10.1 Å². The molecular weight excluding hydrogens is 229 g/mol. The van der Waals surface area contributed by atoms with E-state index in [4.69, 9.17) is 0 Å². The second-order valence-corrected chi connectivity index (χ2v) is 4.13. The number of hydrogen-bond acceptors (Lipinski definition) is 2. The molecule has 3 heteroatoms. The zero-order valence-corrected chi connectivity index (χ0v) is 10.1. The van der Waals surface area contributed by atoms with Crippen molar-refractivity contribution in [1.29, 1.82) is 0 Å². The maximum Gasteiger partial charge on any atom is 0.184 e. The van der Waals surface area contributed by atoms with E-state index in [1.165, 1.54) is 6.07 Å². The summed E-state index contributed by atoms with van der Waals surface area (Å²) in [7, 11) is 0. The molecule has 0 aliphatic heterocycles. The molecule has 18 heavy (non-hydrogen) atoms. The molecule has 0 saturated carbocycles. The van der Waals surface area contributed by atoms with Crippen LogP contribution in [0, 0.1) is 12.7 Å². The Morgan fingerprint density at radius 3 is 2.61 bits per heavy atom. The highest BCUT2D eigenvalue weighted by molar-refractivity contribution is 5.99. The first-order chi connectivity index (χ1) is 8.66. The van der Waals surface area contributed by atoms with E-state index < -0.39 is 5.82 Å². The molecule has 0 aliphatic carbocycles. The van der Waals surface area contributed by atoms with Gasteiger partial charge in [-0.3, -0.25) is 4.79 Å². The highest BCUT2D eigenvalue weighted by Gasteiger charge is 2.11. The molecule has 0 saturated heterocycles. The van der Waals surface area contributed by atoms with Crippen LogP contribution in [-0.2, 0) is 0 Å². The number of halogens is 1. The van der Waals surface area contributed by atoms with Crippen LogP contribution in [-0.4, -0.2) is 12.3 Å². The van der Waals surface area contributed by atoms with E-state index in [1.807, 2.05) is 37.3 Å². The Bertz CT molecular complexity index is 552. The van der Waals surface area contributed by atoms with E-state index in [0.717, 1.165) is 11.3 Å². The second kappa shape index (κ2) is 5.45. The van der Waals surface area contributed by atoms with Crippen LogP contribution in [0.5, 0.6) is 0 Å². The molecule has 0 radical (unpaired) electrons. The number of aryl methyl sites for hydroxylation is 1. The van der Waals surface area contributed by atoms with E-state index in [0.29, 0.717) is 0 Å². The van der Waals surface area contributed by atoms with Crippen molar-refractivity contribution in [2.45, 2.75) is 6.92 Å². The molecule has 0 fully saturated rings. The van der Waals surface area contributed by atoms with Crippen molar-refractivity contribution in [1.82, 2.24) is 0 Å². The van der Waals surface area contributed by atoms with E-state index in [1.54, 1.807) is 12.1 Å². The summed E-state index contributed by atoms with van der Waals surface area (Å²) in [4.78, 5) is 11.9. The molecule has 0 aromatic heterocycles. The summed E-state index contributed by atoms with van der Waals surface area (Å²) in [5.41, 5.74) is 1.86. The molecule has 1 N–H and O–H groups in total. The van der Waals surface area contributed by atoms with Crippen molar-refractivity contribution in [3.8, 4) is 0 Å². The number of anilines is 1. The maximum atomic E-state index is 13.5. The van der Waals surface area contributed by atoms with Crippen molar-refractivity contribution in [3.63, 3.8) is 0 Å². The summed E-state index contributed by atoms with van der Waals surface area (Å²) in [6.07, 6.45) is 0. The topological polar surface area (TPSA) is 29.1 Å². The Morgan fingerprint density at radius 2 is 1.89 bits per heavy atom. The van der Waals surface area contributed by atoms with Crippen molar-refractivity contribution in [2.24, 2.45) is 0 Å². The third kappa shape index (κ3) is 2.94. The molecule has 0 heterocycles. The van der Waals surface area contributed by atoms with Crippen molar-refractivity contribution < 1.29 is 9.18 Å². The smallest absolute Gasteiger partial charge is 0.184 e. The summed E-state index contributed by atoms with van der Waals surface area (Å²) in [6, 6.07) is 13.9. The van der Waals surface area contributed by atoms with Gasteiger partial charge in [0.2, 0.25) is 0 Å². The monoisotopic (exact) mass is 243 g/mol. The zero-order valence-electron chi connectivity index (χ0n) is 10.1. The first-order valence-electron chi connectivity index (χ1n) is 5.75. The Morgan fingerprint density at radius 1 is 1.17 bits per heavy atom. The summed E-state index contributed by atoms with van der Waals surface area (Å²) in [5.74, 6) is -0.722. The van der Waals surface area contributed by atoms with Crippen molar-refractivity contribution in [2.75, 3.05) is 11.9 Å². The number of carbonyl (C=O) groups excluding carboxylic acids is 1. The number of rotatable bonds is 4. The van der Waals surface area contributed by atoms with Gasteiger partial charge in [0.25, 0.3) is 0 Å². The third-order valence-corrected chi connectivity index (χ3v) is 2.65. The lowest BCUT2D eigenvalue weighted by Gasteiger charge is -2.07. The number of hydrogen-bond donors (Lipinski definition) is 1. The second-order valence-electron chi connectivity index (χ2n) is 4.13. The Kier molecular flexibility index (Phi) is 3.72. The van der Waals surface area contributed by atoms with Gasteiger partial charge < -0.3 is 5.32 Å². The van der Waals surface area contributed by atoms with Gasteiger partial charge in [-0.05, 0) is 31.2 Å². The fraction of sp³-hybridized carbons (Fsp3) is 0.133. The molecule has 2 aromatic rings. The Hall–Kier alpha value is -2.16. The third-order valence-electron chi connectivity index (χ3n) is 2.65. The van der Waals surface area contributed by atoms with Gasteiger partial charge in [0, 0.05) is 5.69 Å². The predicted molar refractivity (Wildman–Crippen MR) is 70.4 cm³/mol. The molecule has 0 unspecified atom stereocenters. The molecule has 0 bridgehead atoms. The summed E-state index contributed by atoms with van der Waals surface area (Å²) in [6.45, 7) is 1.92. The van der Waals surface area contributed by atoms with Crippen molar-refractivity contribution in [3.05, 3.63) is 65.5 Å². The van der Waals surface area contributed by atoms with Gasteiger partial charge in [0.05, 0.1) is 12.1 Å². The molecule has 0 amide bonds. The lowest BCUT2D eigenvalue weighted by molar-refractivity contribution is 0.100. The highest BCUT2D eigenvalue weighted by Crippen LogP contribution is 2.12. The molecule has 2 nitrogen and oxygen atoms in total. The fourth-order valence-electron chi connectivity index (χ4n) is 1.69. The van der Waals surface area contributed by atoms with E-state index in [-0.39, 0.29) is 17.9 Å². The lowest BCUT2D eigenvalue weighted by Crippen LogP contribution is -2.15. The van der Waals surface area contributed by atoms with Crippen molar-refractivity contribution >= 4 is 11.5 Å². The minimum absolute atomic E-state index is 0.0877. The maximum absolute atomic E-state index is 13.5. The van der Waals surface area contributed by atoms with Crippen LogP contribution in [0.1, 0.15) is 15.9 Å². The number of ketones is 1. The van der Waals surface area contributed by atoms with Crippen LogP contribution >= 0.6 is 0 Å². The minimum Gasteiger partial charge on any atom is -0.378 e. The first kappa shape index (κ1) is 12.3. The number of nitrogens with one attached hydrogen (secondary N) is 1. The van der Waals surface area contributed by atoms with Gasteiger partial charge in [-0.25, -0.2) is 4.39 Å². The summed E-state index contributed by atoms with van der Waals surface area (Å²) < 4.78 is 13.5. The van der Waals surface area contributed by atoms with Gasteiger partial charge in [-0.2, -0.15) is 0 Å². The zero-order chi connectivity index (χ0) is 13.0. The van der Waals surface area contributed by atoms with Gasteiger partial charge in [-0.1, -0.05) is 29.8 Å².